The highest BCUT2D eigenvalue weighted by Gasteiger charge is 2.28. The molecule has 3 N–H and O–H groups in total. The van der Waals surface area contributed by atoms with Crippen LogP contribution < -0.4 is 5.32 Å². The van der Waals surface area contributed by atoms with Crippen LogP contribution in [0.1, 0.15) is 26.3 Å². The van der Waals surface area contributed by atoms with Gasteiger partial charge in [0.25, 0.3) is 0 Å². The molecule has 0 spiro atoms. The summed E-state index contributed by atoms with van der Waals surface area (Å²) < 4.78 is 32.5. The molecule has 6 nitrogen and oxygen atoms in total. The van der Waals surface area contributed by atoms with Gasteiger partial charge in [0.05, 0.1) is 0 Å². The Bertz CT molecular complexity index is 631. The van der Waals surface area contributed by atoms with Crippen LogP contribution in [0.25, 0.3) is 0 Å². The lowest BCUT2D eigenvalue weighted by Crippen LogP contribution is -2.45. The standard InChI is InChI=1S/C14H16ClF2NO5/c1-14(2,3)23-13(22)18-8(12(20)21)4-6-7(16)5-9(19)10(15)11(6)17/h5,8,19H,4H2,1-3H3,(H,18,22)(H,20,21). The maximum absolute atomic E-state index is 13.9. The van der Waals surface area contributed by atoms with E-state index >= 15 is 0 Å². The fourth-order valence-corrected chi connectivity index (χ4v) is 1.83. The van der Waals surface area contributed by atoms with Gasteiger partial charge in [-0.25, -0.2) is 18.4 Å². The first-order valence-electron chi connectivity index (χ1n) is 6.50. The molecule has 0 bridgehead atoms. The third-order valence-electron chi connectivity index (χ3n) is 2.63. The average Bonchev–Trinajstić information content (AvgIpc) is 2.37. The molecule has 0 fully saturated rings. The van der Waals surface area contributed by atoms with Gasteiger partial charge in [-0.05, 0) is 20.8 Å². The fourth-order valence-electron chi connectivity index (χ4n) is 1.66. The van der Waals surface area contributed by atoms with E-state index in [1.54, 1.807) is 20.8 Å². The number of carboxylic acid groups (broad SMARTS) is 1. The second kappa shape index (κ2) is 6.99. The van der Waals surface area contributed by atoms with Gasteiger partial charge < -0.3 is 20.3 Å². The number of hydrogen-bond donors (Lipinski definition) is 3. The molecule has 0 aliphatic rings. The van der Waals surface area contributed by atoms with Crippen molar-refractivity contribution in [2.24, 2.45) is 0 Å². The Hall–Kier alpha value is -2.09. The van der Waals surface area contributed by atoms with Crippen LogP contribution in [-0.4, -0.2) is 33.9 Å². The Labute approximate surface area is 136 Å². The van der Waals surface area contributed by atoms with Crippen molar-refractivity contribution >= 4 is 23.7 Å². The molecule has 0 saturated carbocycles. The topological polar surface area (TPSA) is 95.9 Å². The number of aromatic hydroxyl groups is 1. The van der Waals surface area contributed by atoms with Crippen molar-refractivity contribution in [1.29, 1.82) is 0 Å². The van der Waals surface area contributed by atoms with Crippen LogP contribution in [0.2, 0.25) is 5.02 Å². The summed E-state index contributed by atoms with van der Waals surface area (Å²) in [5.74, 6) is -4.79. The SMILES string of the molecule is CC(C)(C)OC(=O)NC(Cc1c(F)cc(O)c(Cl)c1F)C(=O)O. The van der Waals surface area contributed by atoms with E-state index in [9.17, 15) is 23.5 Å². The van der Waals surface area contributed by atoms with Crippen molar-refractivity contribution in [3.8, 4) is 5.75 Å². The van der Waals surface area contributed by atoms with Crippen LogP contribution in [0.3, 0.4) is 0 Å². The Morgan fingerprint density at radius 2 is 1.96 bits per heavy atom. The summed E-state index contributed by atoms with van der Waals surface area (Å²) in [6, 6.07) is -1.08. The van der Waals surface area contributed by atoms with E-state index in [4.69, 9.17) is 21.4 Å². The molecule has 0 heterocycles. The zero-order valence-corrected chi connectivity index (χ0v) is 13.4. The number of carboxylic acids is 1. The van der Waals surface area contributed by atoms with Crippen molar-refractivity contribution < 1.29 is 33.3 Å². The second-order valence-electron chi connectivity index (χ2n) is 5.73. The minimum Gasteiger partial charge on any atom is -0.506 e. The number of halogens is 3. The molecular weight excluding hydrogens is 336 g/mol. The number of amides is 1. The average molecular weight is 352 g/mol. The molecule has 1 aromatic carbocycles. The van der Waals surface area contributed by atoms with Gasteiger partial charge in [-0.2, -0.15) is 0 Å². The van der Waals surface area contributed by atoms with Crippen molar-refractivity contribution in [3.63, 3.8) is 0 Å². The highest BCUT2D eigenvalue weighted by atomic mass is 35.5. The van der Waals surface area contributed by atoms with Gasteiger partial charge in [0.2, 0.25) is 0 Å². The first kappa shape index (κ1) is 19.0. The Balaban J connectivity index is 3.00. The number of aliphatic carboxylic acids is 1. The monoisotopic (exact) mass is 351 g/mol. The number of nitrogens with one attached hydrogen (secondary N) is 1. The molecule has 1 atom stereocenters. The molecule has 0 aliphatic carbocycles. The Kier molecular flexibility index (Phi) is 5.76. The predicted molar refractivity (Wildman–Crippen MR) is 77.5 cm³/mol. The number of benzene rings is 1. The maximum atomic E-state index is 13.9. The van der Waals surface area contributed by atoms with Gasteiger partial charge in [-0.1, -0.05) is 11.6 Å². The summed E-state index contributed by atoms with van der Waals surface area (Å²) >= 11 is 5.46. The zero-order valence-electron chi connectivity index (χ0n) is 12.6. The van der Waals surface area contributed by atoms with Crippen molar-refractivity contribution in [1.82, 2.24) is 5.32 Å². The van der Waals surface area contributed by atoms with Crippen LogP contribution in [0, 0.1) is 11.6 Å². The minimum absolute atomic E-state index is 0.563. The molecule has 1 amide bonds. The van der Waals surface area contributed by atoms with Gasteiger partial charge in [0.1, 0.15) is 28.2 Å². The quantitative estimate of drug-likeness (QED) is 0.725. The second-order valence-corrected chi connectivity index (χ2v) is 6.10. The van der Waals surface area contributed by atoms with E-state index in [1.165, 1.54) is 0 Å². The minimum atomic E-state index is -1.64. The molecule has 23 heavy (non-hydrogen) atoms. The number of rotatable bonds is 4. The van der Waals surface area contributed by atoms with E-state index in [1.807, 2.05) is 5.32 Å². The van der Waals surface area contributed by atoms with E-state index in [0.717, 1.165) is 0 Å². The van der Waals surface area contributed by atoms with Gasteiger partial charge in [-0.15, -0.1) is 0 Å². The maximum Gasteiger partial charge on any atom is 0.408 e. The van der Waals surface area contributed by atoms with Crippen molar-refractivity contribution in [2.45, 2.75) is 38.8 Å². The van der Waals surface area contributed by atoms with E-state index in [-0.39, 0.29) is 0 Å². The normalized spacial score (nSPS) is 12.6. The van der Waals surface area contributed by atoms with Crippen LogP contribution >= 0.6 is 11.6 Å². The van der Waals surface area contributed by atoms with E-state index in [0.29, 0.717) is 6.07 Å². The van der Waals surface area contributed by atoms with E-state index in [2.05, 4.69) is 0 Å². The van der Waals surface area contributed by atoms with Crippen molar-refractivity contribution in [3.05, 3.63) is 28.3 Å². The van der Waals surface area contributed by atoms with E-state index < -0.39 is 58.1 Å². The molecule has 0 saturated heterocycles. The number of phenols is 1. The van der Waals surface area contributed by atoms with Crippen LogP contribution in [0.5, 0.6) is 5.75 Å². The summed E-state index contributed by atoms with van der Waals surface area (Å²) in [6.07, 6.45) is -1.76. The van der Waals surface area contributed by atoms with Gasteiger partial charge >= 0.3 is 12.1 Å². The molecule has 128 valence electrons. The highest BCUT2D eigenvalue weighted by molar-refractivity contribution is 6.32. The zero-order chi connectivity index (χ0) is 17.9. The molecule has 0 aromatic heterocycles. The smallest absolute Gasteiger partial charge is 0.408 e. The Morgan fingerprint density at radius 3 is 2.43 bits per heavy atom. The van der Waals surface area contributed by atoms with Gasteiger partial charge in [0.15, 0.2) is 5.82 Å². The van der Waals surface area contributed by atoms with Gasteiger partial charge in [-0.3, -0.25) is 0 Å². The highest BCUT2D eigenvalue weighted by Crippen LogP contribution is 2.31. The summed E-state index contributed by atoms with van der Waals surface area (Å²) in [7, 11) is 0. The number of ether oxygens (including phenoxy) is 1. The van der Waals surface area contributed by atoms with Crippen LogP contribution in [-0.2, 0) is 16.0 Å². The summed E-state index contributed by atoms with van der Waals surface area (Å²) in [4.78, 5) is 22.8. The molecule has 1 aromatic rings. The first-order valence-corrected chi connectivity index (χ1v) is 6.88. The third-order valence-corrected chi connectivity index (χ3v) is 2.99. The molecule has 0 radical (unpaired) electrons. The summed E-state index contributed by atoms with van der Waals surface area (Å²) in [6.45, 7) is 4.71. The fraction of sp³-hybridized carbons (Fsp3) is 0.429. The third kappa shape index (κ3) is 5.24. The molecule has 9 heteroatoms. The molecular formula is C14H16ClF2NO5. The Morgan fingerprint density at radius 1 is 1.39 bits per heavy atom. The van der Waals surface area contributed by atoms with Crippen LogP contribution in [0.4, 0.5) is 13.6 Å². The lowest BCUT2D eigenvalue weighted by molar-refractivity contribution is -0.139. The van der Waals surface area contributed by atoms with Crippen LogP contribution in [0.15, 0.2) is 6.07 Å². The number of hydrogen-bond acceptors (Lipinski definition) is 4. The van der Waals surface area contributed by atoms with Gasteiger partial charge in [0, 0.05) is 18.1 Å². The number of carbonyl (C=O) groups is 2. The summed E-state index contributed by atoms with van der Waals surface area (Å²) in [5, 5.41) is 19.6. The summed E-state index contributed by atoms with van der Waals surface area (Å²) in [5.41, 5.74) is -1.54. The lowest BCUT2D eigenvalue weighted by Gasteiger charge is -2.22. The lowest BCUT2D eigenvalue weighted by atomic mass is 10.0. The number of phenolic OH excluding ortho intramolecular Hbond substituents is 1. The van der Waals surface area contributed by atoms with Crippen molar-refractivity contribution in [2.75, 3.05) is 0 Å². The largest absolute Gasteiger partial charge is 0.506 e. The molecule has 0 aliphatic heterocycles. The first-order chi connectivity index (χ1) is 10.4. The number of alkyl carbamates (subject to hydrolysis) is 1. The number of carbonyl (C=O) groups excluding carboxylic acids is 1. The molecule has 1 unspecified atom stereocenters. The molecule has 1 rings (SSSR count). The predicted octanol–water partition coefficient (Wildman–Crippen LogP) is 2.84.